The average Bonchev–Trinajstić information content (AvgIpc) is 3.49. The second kappa shape index (κ2) is 11.6. The Balaban J connectivity index is 0.000000652. The van der Waals surface area contributed by atoms with Gasteiger partial charge in [-0.2, -0.15) is 5.10 Å². The van der Waals surface area contributed by atoms with Crippen LogP contribution in [0, 0.1) is 6.92 Å². The van der Waals surface area contributed by atoms with Crippen molar-refractivity contribution in [2.24, 2.45) is 7.05 Å². The van der Waals surface area contributed by atoms with E-state index in [-0.39, 0.29) is 6.42 Å². The molecular weight excluding hydrogens is 570 g/mol. The van der Waals surface area contributed by atoms with Crippen LogP contribution in [-0.2, 0) is 18.3 Å². The number of nitrogens with zero attached hydrogens (tertiary/aromatic N) is 5. The Morgan fingerprint density at radius 1 is 1.05 bits per heavy atom. The molecule has 0 aliphatic carbocycles. The zero-order valence-corrected chi connectivity index (χ0v) is 25.5. The molecule has 6 aromatic rings. The predicted octanol–water partition coefficient (Wildman–Crippen LogP) is 7.34. The number of aliphatic carboxylic acids is 1. The van der Waals surface area contributed by atoms with E-state index in [0.717, 1.165) is 59.6 Å². The molecule has 0 radical (unpaired) electrons. The highest BCUT2D eigenvalue weighted by Gasteiger charge is 2.20. The van der Waals surface area contributed by atoms with Crippen LogP contribution < -0.4 is 0 Å². The molecule has 10 heteroatoms. The first-order chi connectivity index (χ1) is 19.9. The quantitative estimate of drug-likeness (QED) is 0.213. The summed E-state index contributed by atoms with van der Waals surface area (Å²) in [5.41, 5.74) is 7.20. The van der Waals surface area contributed by atoms with Crippen LogP contribution >= 0.6 is 22.9 Å². The lowest BCUT2D eigenvalue weighted by Crippen LogP contribution is -2.10. The molecule has 8 nitrogen and oxygen atoms in total. The minimum Gasteiger partial charge on any atom is -0.481 e. The molecule has 3 aromatic heterocycles. The van der Waals surface area contributed by atoms with Crippen LogP contribution in [0.15, 0.2) is 67.1 Å². The van der Waals surface area contributed by atoms with Gasteiger partial charge in [0.15, 0.2) is 0 Å². The third-order valence-corrected chi connectivity index (χ3v) is 7.77. The van der Waals surface area contributed by atoms with Crippen LogP contribution in [0.25, 0.3) is 54.2 Å². The zero-order valence-electron chi connectivity index (χ0n) is 23.9. The van der Waals surface area contributed by atoms with Crippen LogP contribution in [0.5, 0.6) is 0 Å². The third-order valence-electron chi connectivity index (χ3n) is 6.38. The Kier molecular flexibility index (Phi) is 8.10. The molecule has 2 N–H and O–H groups in total. The maximum absolute atomic E-state index is 11.7. The maximum Gasteiger partial charge on any atom is 0.307 e. The van der Waals surface area contributed by atoms with Gasteiger partial charge in [-0.15, -0.1) is 11.3 Å². The normalized spacial score (nSPS) is 11.5. The van der Waals surface area contributed by atoms with Crippen molar-refractivity contribution in [3.8, 4) is 33.1 Å². The predicted molar refractivity (Wildman–Crippen MR) is 169 cm³/mol. The topological polar surface area (TPSA) is 114 Å². The van der Waals surface area contributed by atoms with Gasteiger partial charge < -0.3 is 10.2 Å². The molecule has 3 aromatic carbocycles. The van der Waals surface area contributed by atoms with E-state index >= 15 is 0 Å². The van der Waals surface area contributed by atoms with Gasteiger partial charge in [0, 0.05) is 41.0 Å². The molecule has 0 spiro atoms. The molecule has 0 fully saturated rings. The summed E-state index contributed by atoms with van der Waals surface area (Å²) in [7, 11) is 1.91. The van der Waals surface area contributed by atoms with Crippen molar-refractivity contribution in [2.45, 2.75) is 39.7 Å². The summed E-state index contributed by atoms with van der Waals surface area (Å²) in [6.07, 6.45) is 4.93. The van der Waals surface area contributed by atoms with Gasteiger partial charge in [0.25, 0.3) is 0 Å². The Morgan fingerprint density at radius 3 is 2.38 bits per heavy atom. The van der Waals surface area contributed by atoms with Crippen molar-refractivity contribution >= 4 is 50.0 Å². The molecule has 0 aliphatic heterocycles. The molecule has 0 unspecified atom stereocenters. The number of carbonyl (C=O) groups is 1. The smallest absolute Gasteiger partial charge is 0.307 e. The minimum absolute atomic E-state index is 0.0733. The van der Waals surface area contributed by atoms with Crippen molar-refractivity contribution in [3.05, 3.63) is 83.3 Å². The van der Waals surface area contributed by atoms with E-state index in [0.29, 0.717) is 10.7 Å². The van der Waals surface area contributed by atoms with Crippen LogP contribution in [0.4, 0.5) is 0 Å². The standard InChI is InChI=1S/C28H20ClN5O2S.C4H10O/c1-15-11-21-27(25(19(15)13-24(35)36)16-3-6-18(29)7-4-16)37-28(32-21)17-5-8-23-20(12-17)26(33-34(23)2)22-14-30-9-10-31-22;1-4(2,3)5/h3-12,14H,13H2,1-2H3,(H,35,36);5H,1-3H3. The highest BCUT2D eigenvalue weighted by molar-refractivity contribution is 7.22. The Morgan fingerprint density at radius 2 is 1.74 bits per heavy atom. The van der Waals surface area contributed by atoms with E-state index in [2.05, 4.69) is 21.1 Å². The molecule has 214 valence electrons. The van der Waals surface area contributed by atoms with Crippen LogP contribution in [0.3, 0.4) is 0 Å². The van der Waals surface area contributed by atoms with E-state index in [1.165, 1.54) is 0 Å². The lowest BCUT2D eigenvalue weighted by molar-refractivity contribution is -0.136. The van der Waals surface area contributed by atoms with Gasteiger partial charge in [-0.3, -0.25) is 19.4 Å². The molecule has 0 atom stereocenters. The van der Waals surface area contributed by atoms with Crippen LogP contribution in [0.1, 0.15) is 31.9 Å². The second-order valence-corrected chi connectivity index (χ2v) is 12.4. The van der Waals surface area contributed by atoms with E-state index in [9.17, 15) is 9.90 Å². The number of thiazole rings is 1. The summed E-state index contributed by atoms with van der Waals surface area (Å²) in [6.45, 7) is 7.16. The lowest BCUT2D eigenvalue weighted by Gasteiger charge is -2.13. The summed E-state index contributed by atoms with van der Waals surface area (Å²) in [5.74, 6) is -0.874. The largest absolute Gasteiger partial charge is 0.481 e. The number of aromatic nitrogens is 5. The number of hydrogen-bond donors (Lipinski definition) is 2. The highest BCUT2D eigenvalue weighted by atomic mass is 35.5. The van der Waals surface area contributed by atoms with Crippen molar-refractivity contribution in [1.82, 2.24) is 24.7 Å². The Hall–Kier alpha value is -4.18. The van der Waals surface area contributed by atoms with Crippen LogP contribution in [-0.4, -0.2) is 46.5 Å². The number of halogens is 1. The molecule has 0 aliphatic rings. The molecule has 6 rings (SSSR count). The molecule has 0 amide bonds. The minimum atomic E-state index is -0.874. The molecule has 0 saturated carbocycles. The van der Waals surface area contributed by atoms with Gasteiger partial charge in [0.1, 0.15) is 16.4 Å². The summed E-state index contributed by atoms with van der Waals surface area (Å²) in [6, 6.07) is 15.6. The van der Waals surface area contributed by atoms with Crippen LogP contribution in [0.2, 0.25) is 5.02 Å². The van der Waals surface area contributed by atoms with E-state index < -0.39 is 11.6 Å². The number of fused-ring (bicyclic) bond motifs is 2. The van der Waals surface area contributed by atoms with Gasteiger partial charge in [-0.25, -0.2) is 4.98 Å². The number of carboxylic acids is 1. The first-order valence-electron chi connectivity index (χ1n) is 13.3. The zero-order chi connectivity index (χ0) is 30.2. The average molecular weight is 600 g/mol. The fourth-order valence-corrected chi connectivity index (χ4v) is 5.93. The fourth-order valence-electron chi connectivity index (χ4n) is 4.67. The van der Waals surface area contributed by atoms with Crippen molar-refractivity contribution in [1.29, 1.82) is 0 Å². The Bertz CT molecular complexity index is 1900. The monoisotopic (exact) mass is 599 g/mol. The lowest BCUT2D eigenvalue weighted by atomic mass is 9.93. The molecule has 3 heterocycles. The highest BCUT2D eigenvalue weighted by Crippen LogP contribution is 2.42. The Labute approximate surface area is 252 Å². The molecular formula is C32H30ClN5O3S. The first kappa shape index (κ1) is 29.3. The van der Waals surface area contributed by atoms with E-state index in [4.69, 9.17) is 21.7 Å². The van der Waals surface area contributed by atoms with E-state index in [1.54, 1.807) is 50.7 Å². The van der Waals surface area contributed by atoms with Gasteiger partial charge >= 0.3 is 5.97 Å². The number of benzene rings is 3. The second-order valence-electron chi connectivity index (χ2n) is 11.0. The number of rotatable bonds is 5. The molecule has 0 bridgehead atoms. The van der Waals surface area contributed by atoms with Gasteiger partial charge in [-0.1, -0.05) is 23.7 Å². The van der Waals surface area contributed by atoms with Crippen molar-refractivity contribution < 1.29 is 15.0 Å². The number of aliphatic hydroxyl groups is 1. The SMILES string of the molecule is CC(C)(C)O.Cc1cc2nc(-c3ccc4c(c3)c(-c3cnccn3)nn4C)sc2c(-c2ccc(Cl)cc2)c1CC(=O)O. The first-order valence-corrected chi connectivity index (χ1v) is 14.4. The summed E-state index contributed by atoms with van der Waals surface area (Å²) < 4.78 is 2.78. The summed E-state index contributed by atoms with van der Waals surface area (Å²) >= 11 is 7.70. The molecule has 0 saturated heterocycles. The van der Waals surface area contributed by atoms with Crippen molar-refractivity contribution in [2.75, 3.05) is 0 Å². The van der Waals surface area contributed by atoms with Gasteiger partial charge in [0.2, 0.25) is 0 Å². The van der Waals surface area contributed by atoms with Crippen molar-refractivity contribution in [3.63, 3.8) is 0 Å². The molecule has 42 heavy (non-hydrogen) atoms. The summed E-state index contributed by atoms with van der Waals surface area (Å²) in [5, 5.41) is 25.3. The fraction of sp³-hybridized carbons (Fsp3) is 0.219. The van der Waals surface area contributed by atoms with Gasteiger partial charge in [-0.05, 0) is 80.8 Å². The number of carboxylic acid groups (broad SMARTS) is 1. The summed E-state index contributed by atoms with van der Waals surface area (Å²) in [4.78, 5) is 25.4. The maximum atomic E-state index is 11.7. The third kappa shape index (κ3) is 6.33. The van der Waals surface area contributed by atoms with Gasteiger partial charge in [0.05, 0.1) is 34.0 Å². The van der Waals surface area contributed by atoms with E-state index in [1.807, 2.05) is 61.1 Å². The number of aryl methyl sites for hydroxylation is 2. The number of hydrogen-bond acceptors (Lipinski definition) is 7.